The minimum absolute atomic E-state index is 0.106. The van der Waals surface area contributed by atoms with E-state index in [1.807, 2.05) is 0 Å². The zero-order valence-corrected chi connectivity index (χ0v) is 68.2. The lowest BCUT2D eigenvalue weighted by molar-refractivity contribution is -0.161. The number of unbranched alkanes of at least 4 members (excludes halogenated alkanes) is 46. The van der Waals surface area contributed by atoms with Gasteiger partial charge in [0.05, 0.1) is 26.4 Å². The third-order valence-electron chi connectivity index (χ3n) is 19.9. The Morgan fingerprint density at radius 2 is 0.505 bits per heavy atom. The van der Waals surface area contributed by atoms with Crippen molar-refractivity contribution >= 4 is 39.5 Å². The number of rotatable bonds is 80. The van der Waals surface area contributed by atoms with Gasteiger partial charge in [-0.2, -0.15) is 0 Å². The predicted molar refractivity (Wildman–Crippen MR) is 414 cm³/mol. The van der Waals surface area contributed by atoms with Gasteiger partial charge in [0, 0.05) is 25.7 Å². The Balaban J connectivity index is 5.26. The molecule has 4 unspecified atom stereocenters. The zero-order chi connectivity index (χ0) is 74.4. The molecule has 0 aliphatic rings. The molecule has 0 fully saturated rings. The quantitative estimate of drug-likeness (QED) is 0.0222. The normalized spacial score (nSPS) is 14.5. The fourth-order valence-corrected chi connectivity index (χ4v) is 14.2. The summed E-state index contributed by atoms with van der Waals surface area (Å²) in [6, 6.07) is 0. The smallest absolute Gasteiger partial charge is 0.462 e. The Morgan fingerprint density at radius 3 is 0.752 bits per heavy atom. The van der Waals surface area contributed by atoms with Crippen molar-refractivity contribution in [1.82, 2.24) is 0 Å². The largest absolute Gasteiger partial charge is 0.472 e. The van der Waals surface area contributed by atoms with Crippen LogP contribution in [-0.2, 0) is 65.4 Å². The summed E-state index contributed by atoms with van der Waals surface area (Å²) in [6.07, 6.45) is 60.9. The second-order valence-electron chi connectivity index (χ2n) is 30.5. The Bertz CT molecular complexity index is 1960. The lowest BCUT2D eigenvalue weighted by Crippen LogP contribution is -2.30. The number of hydrogen-bond donors (Lipinski definition) is 3. The Hall–Kier alpha value is -1.94. The molecule has 0 aromatic rings. The lowest BCUT2D eigenvalue weighted by atomic mass is 9.99. The number of ether oxygens (including phenoxy) is 4. The van der Waals surface area contributed by atoms with E-state index in [2.05, 4.69) is 48.5 Å². The molecule has 0 amide bonds. The summed E-state index contributed by atoms with van der Waals surface area (Å²) in [5.41, 5.74) is 0. The molecule has 0 aliphatic carbocycles. The van der Waals surface area contributed by atoms with Crippen molar-refractivity contribution in [3.8, 4) is 0 Å². The number of carbonyl (C=O) groups excluding carboxylic acids is 4. The SMILES string of the molecule is CCCCCCCCCCCCCCCCCCCCCCC(=O)O[C@H](COC(=O)CCCCCCCCCCCCCCC(C)C)COP(=O)(O)OC[C@@H](O)COP(=O)(O)OC[C@@H](COC(=O)CCCCCCCCCCC(C)CC)OC(=O)CCCCCCCCCCCCC(C)CC. The number of aliphatic hydroxyl groups excluding tert-OH is 1. The van der Waals surface area contributed by atoms with E-state index in [0.717, 1.165) is 108 Å². The topological polar surface area (TPSA) is 237 Å². The Kier molecular flexibility index (Phi) is 70.9. The molecule has 101 heavy (non-hydrogen) atoms. The molecule has 0 rings (SSSR count). The number of aliphatic hydroxyl groups is 1. The second-order valence-corrected chi connectivity index (χ2v) is 33.4. The van der Waals surface area contributed by atoms with Crippen LogP contribution in [0.25, 0.3) is 0 Å². The molecule has 0 aromatic carbocycles. The first-order valence-corrected chi connectivity index (χ1v) is 45.4. The Morgan fingerprint density at radius 1 is 0.287 bits per heavy atom. The highest BCUT2D eigenvalue weighted by Gasteiger charge is 2.30. The van der Waals surface area contributed by atoms with Gasteiger partial charge in [-0.1, -0.05) is 376 Å². The number of hydrogen-bond acceptors (Lipinski definition) is 15. The van der Waals surface area contributed by atoms with Gasteiger partial charge in [-0.05, 0) is 43.4 Å². The highest BCUT2D eigenvalue weighted by Crippen LogP contribution is 2.45. The van der Waals surface area contributed by atoms with Gasteiger partial charge in [0.15, 0.2) is 12.2 Å². The number of phosphoric acid groups is 2. The summed E-state index contributed by atoms with van der Waals surface area (Å²) in [7, 11) is -9.92. The van der Waals surface area contributed by atoms with Crippen molar-refractivity contribution < 1.29 is 80.2 Å². The van der Waals surface area contributed by atoms with Crippen molar-refractivity contribution in [2.45, 2.75) is 446 Å². The molecule has 0 aliphatic heterocycles. The maximum absolute atomic E-state index is 13.1. The van der Waals surface area contributed by atoms with Crippen molar-refractivity contribution in [1.29, 1.82) is 0 Å². The van der Waals surface area contributed by atoms with Crippen molar-refractivity contribution in [3.63, 3.8) is 0 Å². The number of esters is 4. The van der Waals surface area contributed by atoms with Gasteiger partial charge in [-0.25, -0.2) is 9.13 Å². The summed E-state index contributed by atoms with van der Waals surface area (Å²) in [4.78, 5) is 73.1. The molecule has 3 N–H and O–H groups in total. The molecule has 19 heteroatoms. The van der Waals surface area contributed by atoms with E-state index in [0.29, 0.717) is 25.7 Å². The van der Waals surface area contributed by atoms with Crippen LogP contribution >= 0.6 is 15.6 Å². The molecule has 0 aromatic heterocycles. The highest BCUT2D eigenvalue weighted by atomic mass is 31.2. The summed E-state index contributed by atoms with van der Waals surface area (Å²) in [5.74, 6) is 0.252. The zero-order valence-electron chi connectivity index (χ0n) is 66.4. The fourth-order valence-electron chi connectivity index (χ4n) is 12.6. The van der Waals surface area contributed by atoms with Gasteiger partial charge in [-0.15, -0.1) is 0 Å². The molecule has 0 radical (unpaired) electrons. The van der Waals surface area contributed by atoms with Crippen LogP contribution in [0.3, 0.4) is 0 Å². The van der Waals surface area contributed by atoms with E-state index >= 15 is 0 Å². The summed E-state index contributed by atoms with van der Waals surface area (Å²) in [5, 5.41) is 10.7. The maximum Gasteiger partial charge on any atom is 0.472 e. The van der Waals surface area contributed by atoms with Gasteiger partial charge >= 0.3 is 39.5 Å². The Labute approximate surface area is 619 Å². The minimum atomic E-state index is -4.96. The molecule has 17 nitrogen and oxygen atoms in total. The van der Waals surface area contributed by atoms with Crippen molar-refractivity contribution in [2.24, 2.45) is 17.8 Å². The molecular weight excluding hydrogens is 1320 g/mol. The average Bonchev–Trinajstić information content (AvgIpc) is 0.979. The molecule has 0 saturated heterocycles. The third-order valence-corrected chi connectivity index (χ3v) is 21.8. The monoisotopic (exact) mass is 1480 g/mol. The van der Waals surface area contributed by atoms with E-state index < -0.39 is 97.5 Å². The van der Waals surface area contributed by atoms with E-state index in [4.69, 9.17) is 37.0 Å². The van der Waals surface area contributed by atoms with E-state index in [-0.39, 0.29) is 25.7 Å². The van der Waals surface area contributed by atoms with Crippen molar-refractivity contribution in [3.05, 3.63) is 0 Å². The molecule has 0 spiro atoms. The second kappa shape index (κ2) is 72.3. The van der Waals surface area contributed by atoms with Crippen LogP contribution < -0.4 is 0 Å². The van der Waals surface area contributed by atoms with E-state index in [1.54, 1.807) is 0 Å². The van der Waals surface area contributed by atoms with Gasteiger partial charge in [0.1, 0.15) is 19.3 Å². The summed E-state index contributed by atoms with van der Waals surface area (Å²) < 4.78 is 68.8. The summed E-state index contributed by atoms with van der Waals surface area (Å²) >= 11 is 0. The first-order chi connectivity index (χ1) is 48.8. The molecule has 0 bridgehead atoms. The number of carbonyl (C=O) groups is 4. The van der Waals surface area contributed by atoms with Crippen LogP contribution in [-0.4, -0.2) is 96.7 Å². The van der Waals surface area contributed by atoms with Crippen LogP contribution in [0.5, 0.6) is 0 Å². The third kappa shape index (κ3) is 73.4. The first-order valence-electron chi connectivity index (χ1n) is 42.4. The number of phosphoric ester groups is 2. The molecule has 600 valence electrons. The maximum atomic E-state index is 13.1. The first kappa shape index (κ1) is 99.1. The van der Waals surface area contributed by atoms with Crippen LogP contribution in [0, 0.1) is 17.8 Å². The fraction of sp³-hybridized carbons (Fsp3) is 0.951. The highest BCUT2D eigenvalue weighted by molar-refractivity contribution is 7.47. The lowest BCUT2D eigenvalue weighted by Gasteiger charge is -2.21. The minimum Gasteiger partial charge on any atom is -0.462 e. The molecule has 7 atom stereocenters. The van der Waals surface area contributed by atoms with Gasteiger partial charge in [-0.3, -0.25) is 37.3 Å². The standard InChI is InChI=1S/C82H160O17P2/c1-8-11-12-13-14-15-16-17-18-19-20-21-22-23-24-29-35-44-51-58-65-81(86)98-77(69-92-79(84)63-56-49-42-34-28-26-25-27-32-39-46-53-60-73(4)5)71-96-100(88,89)94-67-76(83)68-95-101(90,91)97-72-78(70-93-80(85)64-57-50-43-38-37-41-48-55-62-75(7)10-3)99-82(87)66-59-52-45-36-31-30-33-40-47-54-61-74(6)9-2/h73-78,83H,8-72H2,1-7H3,(H,88,89)(H,90,91)/t74?,75?,76-,77-,78-/m1/s1. The molecular formula is C82H160O17P2. The van der Waals surface area contributed by atoms with Gasteiger partial charge in [0.25, 0.3) is 0 Å². The van der Waals surface area contributed by atoms with Crippen LogP contribution in [0.4, 0.5) is 0 Å². The molecule has 0 heterocycles. The van der Waals surface area contributed by atoms with Crippen LogP contribution in [0.1, 0.15) is 427 Å². The van der Waals surface area contributed by atoms with Crippen LogP contribution in [0.2, 0.25) is 0 Å². The van der Waals surface area contributed by atoms with Gasteiger partial charge in [0.2, 0.25) is 0 Å². The van der Waals surface area contributed by atoms with Crippen LogP contribution in [0.15, 0.2) is 0 Å². The van der Waals surface area contributed by atoms with E-state index in [9.17, 15) is 43.2 Å². The average molecular weight is 1480 g/mol. The van der Waals surface area contributed by atoms with Crippen molar-refractivity contribution in [2.75, 3.05) is 39.6 Å². The molecule has 0 saturated carbocycles. The van der Waals surface area contributed by atoms with E-state index in [1.165, 1.54) is 238 Å². The predicted octanol–water partition coefficient (Wildman–Crippen LogP) is 24.5. The summed E-state index contributed by atoms with van der Waals surface area (Å²) in [6.45, 7) is 12.0. The van der Waals surface area contributed by atoms with Gasteiger partial charge < -0.3 is 33.8 Å².